The SMILES string of the molecule is COC(C)(C)C[C@@H](C)NC(=O)NCc1cccnc1-n1ccnc1C. The number of methoxy groups -OCH3 is 1. The second-order valence-corrected chi connectivity index (χ2v) is 6.73. The van der Waals surface area contributed by atoms with Gasteiger partial charge in [0.15, 0.2) is 0 Å². The fourth-order valence-electron chi connectivity index (χ4n) is 2.71. The lowest BCUT2D eigenvalue weighted by Crippen LogP contribution is -2.43. The Morgan fingerprint density at radius 2 is 2.12 bits per heavy atom. The molecule has 0 radical (unpaired) electrons. The maximum absolute atomic E-state index is 12.2. The van der Waals surface area contributed by atoms with Gasteiger partial charge in [0, 0.05) is 43.9 Å². The number of ether oxygens (including phenoxy) is 1. The highest BCUT2D eigenvalue weighted by molar-refractivity contribution is 5.74. The average Bonchev–Trinajstić information content (AvgIpc) is 2.98. The summed E-state index contributed by atoms with van der Waals surface area (Å²) in [7, 11) is 1.68. The van der Waals surface area contributed by atoms with Gasteiger partial charge in [0.25, 0.3) is 0 Å². The Kier molecular flexibility index (Phi) is 6.14. The Balaban J connectivity index is 1.96. The molecular formula is C18H27N5O2. The van der Waals surface area contributed by atoms with E-state index in [1.54, 1.807) is 19.5 Å². The van der Waals surface area contributed by atoms with Gasteiger partial charge in [-0.05, 0) is 40.2 Å². The van der Waals surface area contributed by atoms with Gasteiger partial charge in [-0.25, -0.2) is 14.8 Å². The minimum Gasteiger partial charge on any atom is -0.379 e. The number of rotatable bonds is 7. The molecule has 25 heavy (non-hydrogen) atoms. The Labute approximate surface area is 148 Å². The maximum atomic E-state index is 12.2. The van der Waals surface area contributed by atoms with E-state index < -0.39 is 0 Å². The normalized spacial score (nSPS) is 12.7. The van der Waals surface area contributed by atoms with Crippen LogP contribution >= 0.6 is 0 Å². The summed E-state index contributed by atoms with van der Waals surface area (Å²) < 4.78 is 7.30. The number of pyridine rings is 1. The van der Waals surface area contributed by atoms with Crippen molar-refractivity contribution in [3.05, 3.63) is 42.1 Å². The molecule has 7 heteroatoms. The Morgan fingerprint density at radius 3 is 2.76 bits per heavy atom. The third-order valence-electron chi connectivity index (χ3n) is 4.09. The van der Waals surface area contributed by atoms with Crippen LogP contribution < -0.4 is 10.6 Å². The number of urea groups is 1. The molecule has 2 amide bonds. The average molecular weight is 345 g/mol. The molecule has 0 bridgehead atoms. The summed E-state index contributed by atoms with van der Waals surface area (Å²) in [4.78, 5) is 20.8. The van der Waals surface area contributed by atoms with E-state index in [2.05, 4.69) is 20.6 Å². The molecule has 0 unspecified atom stereocenters. The molecule has 0 saturated carbocycles. The Morgan fingerprint density at radius 1 is 1.36 bits per heavy atom. The first kappa shape index (κ1) is 18.9. The van der Waals surface area contributed by atoms with Crippen molar-refractivity contribution in [1.29, 1.82) is 0 Å². The van der Waals surface area contributed by atoms with Crippen LogP contribution in [0.4, 0.5) is 4.79 Å². The molecule has 1 atom stereocenters. The van der Waals surface area contributed by atoms with Crippen molar-refractivity contribution >= 4 is 6.03 Å². The van der Waals surface area contributed by atoms with Gasteiger partial charge in [-0.3, -0.25) is 4.57 Å². The van der Waals surface area contributed by atoms with Gasteiger partial charge in [0.2, 0.25) is 0 Å². The highest BCUT2D eigenvalue weighted by Crippen LogP contribution is 2.15. The van der Waals surface area contributed by atoms with Crippen LogP contribution in [0, 0.1) is 6.92 Å². The minimum atomic E-state index is -0.276. The van der Waals surface area contributed by atoms with Crippen molar-refractivity contribution in [3.8, 4) is 5.82 Å². The summed E-state index contributed by atoms with van der Waals surface area (Å²) in [6, 6.07) is 3.59. The van der Waals surface area contributed by atoms with Crippen molar-refractivity contribution in [3.63, 3.8) is 0 Å². The lowest BCUT2D eigenvalue weighted by atomic mass is 10.00. The number of imidazole rings is 1. The van der Waals surface area contributed by atoms with Crippen LogP contribution in [0.15, 0.2) is 30.7 Å². The van der Waals surface area contributed by atoms with Crippen LogP contribution in [0.2, 0.25) is 0 Å². The summed E-state index contributed by atoms with van der Waals surface area (Å²) in [5.74, 6) is 1.62. The first-order valence-electron chi connectivity index (χ1n) is 8.36. The van der Waals surface area contributed by atoms with Gasteiger partial charge in [-0.1, -0.05) is 6.07 Å². The van der Waals surface area contributed by atoms with Gasteiger partial charge in [0.1, 0.15) is 11.6 Å². The number of carbonyl (C=O) groups excluding carboxylic acids is 1. The van der Waals surface area contributed by atoms with E-state index in [1.807, 2.05) is 50.6 Å². The van der Waals surface area contributed by atoms with Crippen LogP contribution in [0.25, 0.3) is 5.82 Å². The van der Waals surface area contributed by atoms with Crippen molar-refractivity contribution < 1.29 is 9.53 Å². The topological polar surface area (TPSA) is 81.1 Å². The standard InChI is InChI=1S/C18H27N5O2/c1-13(11-18(3,4)25-5)22-17(24)21-12-15-7-6-8-20-16(15)23-10-9-19-14(23)2/h6-10,13H,11-12H2,1-5H3,(H2,21,22,24)/t13-/m1/s1. The summed E-state index contributed by atoms with van der Waals surface area (Å²) in [6.07, 6.45) is 6.04. The number of amides is 2. The number of nitrogens with zero attached hydrogens (tertiary/aromatic N) is 3. The molecule has 2 N–H and O–H groups in total. The zero-order valence-electron chi connectivity index (χ0n) is 15.5. The second-order valence-electron chi connectivity index (χ2n) is 6.73. The fourth-order valence-corrected chi connectivity index (χ4v) is 2.71. The lowest BCUT2D eigenvalue weighted by Gasteiger charge is -2.27. The molecule has 0 aliphatic rings. The number of carbonyl (C=O) groups is 1. The zero-order chi connectivity index (χ0) is 18.4. The molecule has 2 rings (SSSR count). The van der Waals surface area contributed by atoms with Gasteiger partial charge in [0.05, 0.1) is 5.60 Å². The van der Waals surface area contributed by atoms with Crippen molar-refractivity contribution in [2.75, 3.05) is 7.11 Å². The minimum absolute atomic E-state index is 0.000730. The van der Waals surface area contributed by atoms with Gasteiger partial charge in [-0.2, -0.15) is 0 Å². The zero-order valence-corrected chi connectivity index (χ0v) is 15.5. The third kappa shape index (κ3) is 5.29. The molecule has 0 saturated heterocycles. The number of aromatic nitrogens is 3. The first-order chi connectivity index (χ1) is 11.8. The third-order valence-corrected chi connectivity index (χ3v) is 4.09. The predicted molar refractivity (Wildman–Crippen MR) is 96.6 cm³/mol. The van der Waals surface area contributed by atoms with E-state index in [0.717, 1.165) is 23.6 Å². The van der Waals surface area contributed by atoms with Crippen LogP contribution in [-0.2, 0) is 11.3 Å². The molecule has 136 valence electrons. The summed E-state index contributed by atoms with van der Waals surface area (Å²) >= 11 is 0. The largest absolute Gasteiger partial charge is 0.379 e. The predicted octanol–water partition coefficient (Wildman–Crippen LogP) is 2.58. The van der Waals surface area contributed by atoms with Crippen LogP contribution in [0.1, 0.15) is 38.6 Å². The molecule has 0 spiro atoms. The first-order valence-corrected chi connectivity index (χ1v) is 8.36. The number of hydrogen-bond donors (Lipinski definition) is 2. The molecule has 7 nitrogen and oxygen atoms in total. The van der Waals surface area contributed by atoms with E-state index in [-0.39, 0.29) is 17.7 Å². The van der Waals surface area contributed by atoms with Gasteiger partial charge < -0.3 is 15.4 Å². The summed E-state index contributed by atoms with van der Waals surface area (Å²) in [6.45, 7) is 8.26. The van der Waals surface area contributed by atoms with E-state index in [4.69, 9.17) is 4.74 Å². The van der Waals surface area contributed by atoms with E-state index in [0.29, 0.717) is 6.54 Å². The molecule has 2 aromatic rings. The number of aryl methyl sites for hydroxylation is 1. The van der Waals surface area contributed by atoms with Crippen molar-refractivity contribution in [2.24, 2.45) is 0 Å². The molecule has 2 aromatic heterocycles. The van der Waals surface area contributed by atoms with E-state index >= 15 is 0 Å². The van der Waals surface area contributed by atoms with Crippen LogP contribution in [0.3, 0.4) is 0 Å². The maximum Gasteiger partial charge on any atom is 0.315 e. The Hall–Kier alpha value is -2.41. The molecule has 0 fully saturated rings. The van der Waals surface area contributed by atoms with Crippen LogP contribution in [-0.4, -0.2) is 39.3 Å². The lowest BCUT2D eigenvalue weighted by molar-refractivity contribution is 0.00950. The molecular weight excluding hydrogens is 318 g/mol. The summed E-state index contributed by atoms with van der Waals surface area (Å²) in [5, 5.41) is 5.83. The monoisotopic (exact) mass is 345 g/mol. The highest BCUT2D eigenvalue weighted by Gasteiger charge is 2.21. The molecule has 0 aliphatic heterocycles. The van der Waals surface area contributed by atoms with Gasteiger partial charge in [-0.15, -0.1) is 0 Å². The molecule has 2 heterocycles. The van der Waals surface area contributed by atoms with Crippen LogP contribution in [0.5, 0.6) is 0 Å². The molecule has 0 aliphatic carbocycles. The number of hydrogen-bond acceptors (Lipinski definition) is 4. The van der Waals surface area contributed by atoms with Crippen molar-refractivity contribution in [1.82, 2.24) is 25.2 Å². The molecule has 0 aromatic carbocycles. The fraction of sp³-hybridized carbons (Fsp3) is 0.500. The van der Waals surface area contributed by atoms with E-state index in [9.17, 15) is 4.79 Å². The van der Waals surface area contributed by atoms with E-state index in [1.165, 1.54) is 0 Å². The summed E-state index contributed by atoms with van der Waals surface area (Å²) in [5.41, 5.74) is 0.644. The Bertz CT molecular complexity index is 711. The quantitative estimate of drug-likeness (QED) is 0.808. The number of nitrogens with one attached hydrogen (secondary N) is 2. The highest BCUT2D eigenvalue weighted by atomic mass is 16.5. The smallest absolute Gasteiger partial charge is 0.315 e. The van der Waals surface area contributed by atoms with Gasteiger partial charge >= 0.3 is 6.03 Å². The van der Waals surface area contributed by atoms with Crippen molar-refractivity contribution in [2.45, 2.75) is 52.3 Å². The second kappa shape index (κ2) is 8.11.